The van der Waals surface area contributed by atoms with E-state index in [0.717, 1.165) is 11.3 Å². The molecule has 1 aromatic carbocycles. The van der Waals surface area contributed by atoms with Gasteiger partial charge in [0.2, 0.25) is 5.91 Å². The molecule has 2 N–H and O–H groups in total. The zero-order valence-corrected chi connectivity index (χ0v) is 13.7. The Labute approximate surface area is 140 Å². The maximum absolute atomic E-state index is 12.3. The number of amides is 1. The largest absolute Gasteiger partial charge is 0.478 e. The molecule has 0 saturated carbocycles. The van der Waals surface area contributed by atoms with Crippen LogP contribution in [0.15, 0.2) is 40.8 Å². The lowest BCUT2D eigenvalue weighted by Gasteiger charge is -2.16. The van der Waals surface area contributed by atoms with Crippen molar-refractivity contribution < 1.29 is 23.8 Å². The minimum atomic E-state index is -0.987. The van der Waals surface area contributed by atoms with Crippen molar-refractivity contribution in [3.8, 4) is 0 Å². The van der Waals surface area contributed by atoms with Crippen LogP contribution in [0.3, 0.4) is 0 Å². The maximum atomic E-state index is 12.3. The van der Waals surface area contributed by atoms with Gasteiger partial charge in [0, 0.05) is 13.7 Å². The Bertz CT molecular complexity index is 690. The Hall–Kier alpha value is -2.60. The van der Waals surface area contributed by atoms with Crippen molar-refractivity contribution in [3.05, 3.63) is 59.0 Å². The van der Waals surface area contributed by atoms with Crippen LogP contribution in [0.1, 0.15) is 39.9 Å². The molecule has 0 aliphatic heterocycles. The molecule has 0 spiro atoms. The van der Waals surface area contributed by atoms with Crippen LogP contribution in [0, 0.1) is 6.92 Å². The zero-order valence-electron chi connectivity index (χ0n) is 13.7. The lowest BCUT2D eigenvalue weighted by molar-refractivity contribution is -0.121. The van der Waals surface area contributed by atoms with Gasteiger partial charge in [0.25, 0.3) is 0 Å². The third-order valence-corrected chi connectivity index (χ3v) is 3.62. The number of ether oxygens (including phenoxy) is 1. The highest BCUT2D eigenvalue weighted by Crippen LogP contribution is 2.20. The molecule has 6 heteroatoms. The van der Waals surface area contributed by atoms with Gasteiger partial charge in [-0.25, -0.2) is 4.79 Å². The van der Waals surface area contributed by atoms with E-state index in [-0.39, 0.29) is 23.9 Å². The van der Waals surface area contributed by atoms with Crippen molar-refractivity contribution >= 4 is 11.9 Å². The molecule has 0 fully saturated rings. The summed E-state index contributed by atoms with van der Waals surface area (Å²) >= 11 is 0. The number of aryl methyl sites for hydroxylation is 1. The summed E-state index contributed by atoms with van der Waals surface area (Å²) in [5.74, 6) is 0.331. The molecule has 1 aromatic heterocycles. The van der Waals surface area contributed by atoms with Crippen LogP contribution >= 0.6 is 0 Å². The minimum Gasteiger partial charge on any atom is -0.478 e. The topological polar surface area (TPSA) is 88.8 Å². The van der Waals surface area contributed by atoms with Gasteiger partial charge in [-0.05, 0) is 43.2 Å². The number of methoxy groups -OCH3 is 1. The quantitative estimate of drug-likeness (QED) is 0.776. The Morgan fingerprint density at radius 3 is 2.46 bits per heavy atom. The summed E-state index contributed by atoms with van der Waals surface area (Å²) in [7, 11) is 1.61. The molecular weight excluding hydrogens is 310 g/mol. The predicted octanol–water partition coefficient (Wildman–Crippen LogP) is 2.72. The summed E-state index contributed by atoms with van der Waals surface area (Å²) in [6, 6.07) is 9.70. The molecule has 0 aliphatic rings. The molecule has 0 radical (unpaired) electrons. The van der Waals surface area contributed by atoms with Crippen LogP contribution in [-0.4, -0.2) is 30.7 Å². The second-order valence-electron chi connectivity index (χ2n) is 5.53. The molecule has 0 aliphatic carbocycles. The van der Waals surface area contributed by atoms with Gasteiger partial charge >= 0.3 is 5.97 Å². The van der Waals surface area contributed by atoms with Crippen molar-refractivity contribution in [2.75, 3.05) is 13.7 Å². The van der Waals surface area contributed by atoms with Crippen LogP contribution in [0.5, 0.6) is 0 Å². The predicted molar refractivity (Wildman–Crippen MR) is 87.9 cm³/mol. The highest BCUT2D eigenvalue weighted by molar-refractivity contribution is 5.87. The zero-order chi connectivity index (χ0) is 17.5. The number of furan rings is 1. The molecule has 1 atom stereocenters. The first-order chi connectivity index (χ1) is 11.5. The van der Waals surface area contributed by atoms with E-state index < -0.39 is 5.97 Å². The molecule has 1 amide bonds. The van der Waals surface area contributed by atoms with Crippen LogP contribution in [0.4, 0.5) is 0 Å². The lowest BCUT2D eigenvalue weighted by atomic mass is 10.1. The van der Waals surface area contributed by atoms with Crippen molar-refractivity contribution in [1.82, 2.24) is 5.32 Å². The third kappa shape index (κ3) is 4.96. The summed E-state index contributed by atoms with van der Waals surface area (Å²) in [4.78, 5) is 23.1. The number of aromatic carboxylic acids is 1. The van der Waals surface area contributed by atoms with E-state index in [2.05, 4.69) is 5.32 Å². The minimum absolute atomic E-state index is 0.159. The molecular formula is C18H21NO5. The number of carboxylic acid groups (broad SMARTS) is 1. The van der Waals surface area contributed by atoms with Gasteiger partial charge in [-0.2, -0.15) is 0 Å². The van der Waals surface area contributed by atoms with E-state index in [1.54, 1.807) is 19.2 Å². The highest BCUT2D eigenvalue weighted by Gasteiger charge is 2.18. The SMILES string of the molecule is COCCC(NC(=O)Cc1ccc(C(=O)O)cc1)c1ccc(C)o1. The van der Waals surface area contributed by atoms with Crippen LogP contribution in [-0.2, 0) is 16.0 Å². The van der Waals surface area contributed by atoms with Crippen molar-refractivity contribution in [1.29, 1.82) is 0 Å². The fourth-order valence-corrected chi connectivity index (χ4v) is 2.36. The van der Waals surface area contributed by atoms with E-state index in [1.807, 2.05) is 19.1 Å². The van der Waals surface area contributed by atoms with Crippen LogP contribution in [0.25, 0.3) is 0 Å². The number of rotatable bonds is 8. The van der Waals surface area contributed by atoms with Gasteiger partial charge in [0.1, 0.15) is 11.5 Å². The van der Waals surface area contributed by atoms with Gasteiger partial charge in [-0.3, -0.25) is 4.79 Å². The molecule has 0 bridgehead atoms. The van der Waals surface area contributed by atoms with Gasteiger partial charge in [-0.1, -0.05) is 12.1 Å². The fraction of sp³-hybridized carbons (Fsp3) is 0.333. The number of nitrogens with one attached hydrogen (secondary N) is 1. The number of carbonyl (C=O) groups is 2. The van der Waals surface area contributed by atoms with Crippen molar-refractivity contribution in [2.45, 2.75) is 25.8 Å². The second-order valence-corrected chi connectivity index (χ2v) is 5.53. The van der Waals surface area contributed by atoms with Crippen LogP contribution in [0.2, 0.25) is 0 Å². The van der Waals surface area contributed by atoms with E-state index in [0.29, 0.717) is 18.8 Å². The molecule has 2 rings (SSSR count). The summed E-state index contributed by atoms with van der Waals surface area (Å²) in [6.07, 6.45) is 0.774. The Kier molecular flexibility index (Phi) is 6.14. The highest BCUT2D eigenvalue weighted by atomic mass is 16.5. The summed E-state index contributed by atoms with van der Waals surface area (Å²) in [5, 5.41) is 11.8. The van der Waals surface area contributed by atoms with Gasteiger partial charge in [0.05, 0.1) is 18.0 Å². The van der Waals surface area contributed by atoms with Crippen molar-refractivity contribution in [3.63, 3.8) is 0 Å². The average molecular weight is 331 g/mol. The Morgan fingerprint density at radius 2 is 1.92 bits per heavy atom. The fourth-order valence-electron chi connectivity index (χ4n) is 2.36. The summed E-state index contributed by atoms with van der Waals surface area (Å²) < 4.78 is 10.7. The monoisotopic (exact) mass is 331 g/mol. The summed E-state index contributed by atoms with van der Waals surface area (Å²) in [5.41, 5.74) is 0.946. The number of carboxylic acids is 1. The first-order valence-corrected chi connectivity index (χ1v) is 7.66. The van der Waals surface area contributed by atoms with Crippen LogP contribution < -0.4 is 5.32 Å². The molecule has 128 valence electrons. The molecule has 6 nitrogen and oxygen atoms in total. The second kappa shape index (κ2) is 8.31. The Balaban J connectivity index is 2.00. The van der Waals surface area contributed by atoms with Gasteiger partial charge in [-0.15, -0.1) is 0 Å². The summed E-state index contributed by atoms with van der Waals surface area (Å²) in [6.45, 7) is 2.35. The number of carbonyl (C=O) groups excluding carboxylic acids is 1. The maximum Gasteiger partial charge on any atom is 0.335 e. The molecule has 24 heavy (non-hydrogen) atoms. The van der Waals surface area contributed by atoms with E-state index in [1.165, 1.54) is 12.1 Å². The molecule has 1 heterocycles. The third-order valence-electron chi connectivity index (χ3n) is 3.62. The first kappa shape index (κ1) is 17.7. The van der Waals surface area contributed by atoms with Gasteiger partial charge < -0.3 is 19.6 Å². The molecule has 1 unspecified atom stereocenters. The van der Waals surface area contributed by atoms with E-state index in [9.17, 15) is 9.59 Å². The van der Waals surface area contributed by atoms with E-state index in [4.69, 9.17) is 14.3 Å². The number of benzene rings is 1. The van der Waals surface area contributed by atoms with E-state index >= 15 is 0 Å². The Morgan fingerprint density at radius 1 is 1.21 bits per heavy atom. The number of hydrogen-bond acceptors (Lipinski definition) is 4. The molecule has 0 saturated heterocycles. The average Bonchev–Trinajstić information content (AvgIpc) is 2.98. The van der Waals surface area contributed by atoms with Gasteiger partial charge in [0.15, 0.2) is 0 Å². The lowest BCUT2D eigenvalue weighted by Crippen LogP contribution is -2.30. The molecule has 2 aromatic rings. The number of hydrogen-bond donors (Lipinski definition) is 2. The first-order valence-electron chi connectivity index (χ1n) is 7.66. The normalized spacial score (nSPS) is 11.9. The van der Waals surface area contributed by atoms with Crippen molar-refractivity contribution in [2.24, 2.45) is 0 Å². The smallest absolute Gasteiger partial charge is 0.335 e. The standard InChI is InChI=1S/C18H21NO5/c1-12-3-8-16(24-12)15(9-10-23-2)19-17(20)11-13-4-6-14(7-5-13)18(21)22/h3-8,15H,9-11H2,1-2H3,(H,19,20)(H,21,22).